The minimum atomic E-state index is 0.178. The normalized spacial score (nSPS) is 22.0. The molecule has 0 aromatic rings. The number of hydrogen-bond acceptors (Lipinski definition) is 3. The Bertz CT molecular complexity index is 197. The Morgan fingerprint density at radius 2 is 2.36 bits per heavy atom. The highest BCUT2D eigenvalue weighted by atomic mass is 16.3. The first kappa shape index (κ1) is 11.5. The number of likely N-dealkylation sites (N-methyl/N-ethyl adjacent to an activating group) is 1. The summed E-state index contributed by atoms with van der Waals surface area (Å²) in [6.45, 7) is 5.30. The molecule has 0 aromatic carbocycles. The van der Waals surface area contributed by atoms with E-state index in [2.05, 4.69) is 4.90 Å². The molecule has 4 nitrogen and oxygen atoms in total. The van der Waals surface area contributed by atoms with E-state index in [1.807, 2.05) is 11.9 Å². The summed E-state index contributed by atoms with van der Waals surface area (Å²) in [4.78, 5) is 15.1. The van der Waals surface area contributed by atoms with Crippen LogP contribution in [-0.4, -0.2) is 60.6 Å². The van der Waals surface area contributed by atoms with E-state index >= 15 is 0 Å². The van der Waals surface area contributed by atoms with E-state index in [-0.39, 0.29) is 12.5 Å². The van der Waals surface area contributed by atoms with Gasteiger partial charge in [0.15, 0.2) is 0 Å². The molecule has 1 aliphatic rings. The topological polar surface area (TPSA) is 43.8 Å². The molecule has 0 bridgehead atoms. The number of amides is 1. The summed E-state index contributed by atoms with van der Waals surface area (Å²) in [5, 5.41) is 8.74. The van der Waals surface area contributed by atoms with Gasteiger partial charge in [-0.3, -0.25) is 4.79 Å². The summed E-state index contributed by atoms with van der Waals surface area (Å²) in [5.41, 5.74) is 0. The third-order valence-electron chi connectivity index (χ3n) is 2.78. The lowest BCUT2D eigenvalue weighted by molar-refractivity contribution is -0.127. The highest BCUT2D eigenvalue weighted by Gasteiger charge is 2.24. The summed E-state index contributed by atoms with van der Waals surface area (Å²) in [6.07, 6.45) is 1.09. The number of carbonyl (C=O) groups excluding carboxylic acids is 1. The first-order chi connectivity index (χ1) is 6.63. The molecule has 1 aliphatic heterocycles. The maximum absolute atomic E-state index is 11.1. The van der Waals surface area contributed by atoms with Crippen LogP contribution in [-0.2, 0) is 4.79 Å². The molecule has 1 heterocycles. The molecule has 0 aliphatic carbocycles. The quantitative estimate of drug-likeness (QED) is 0.682. The van der Waals surface area contributed by atoms with E-state index in [9.17, 15) is 4.79 Å². The number of likely N-dealkylation sites (tertiary alicyclic amines) is 1. The lowest BCUT2D eigenvalue weighted by atomic mass is 10.1. The number of carbonyl (C=O) groups is 1. The van der Waals surface area contributed by atoms with Gasteiger partial charge < -0.3 is 14.9 Å². The molecule has 0 spiro atoms. The van der Waals surface area contributed by atoms with E-state index in [1.165, 1.54) is 0 Å². The second kappa shape index (κ2) is 5.32. The van der Waals surface area contributed by atoms with Gasteiger partial charge in [0, 0.05) is 33.1 Å². The van der Waals surface area contributed by atoms with Crippen molar-refractivity contribution in [2.24, 2.45) is 5.92 Å². The fraction of sp³-hybridized carbons (Fsp3) is 0.900. The van der Waals surface area contributed by atoms with Gasteiger partial charge in [-0.05, 0) is 19.4 Å². The molecule has 0 radical (unpaired) electrons. The lowest BCUT2D eigenvalue weighted by Gasteiger charge is -2.20. The van der Waals surface area contributed by atoms with Gasteiger partial charge in [0.25, 0.3) is 0 Å². The van der Waals surface area contributed by atoms with Crippen molar-refractivity contribution in [3.8, 4) is 0 Å². The van der Waals surface area contributed by atoms with Crippen LogP contribution in [0.4, 0.5) is 0 Å². The van der Waals surface area contributed by atoms with Crippen LogP contribution in [0.3, 0.4) is 0 Å². The molecule has 4 heteroatoms. The Hall–Kier alpha value is -0.610. The van der Waals surface area contributed by atoms with Gasteiger partial charge in [-0.2, -0.15) is 0 Å². The highest BCUT2D eigenvalue weighted by Crippen LogP contribution is 2.16. The van der Waals surface area contributed by atoms with Gasteiger partial charge in [0.2, 0.25) is 5.91 Å². The van der Waals surface area contributed by atoms with Crippen molar-refractivity contribution in [3.05, 3.63) is 0 Å². The minimum Gasteiger partial charge on any atom is -0.395 e. The smallest absolute Gasteiger partial charge is 0.219 e. The molecule has 82 valence electrons. The standard InChI is InChI=1S/C10H20N2O2/c1-9(14)12-4-3-10(8-12)7-11(2)5-6-13/h10,13H,3-8H2,1-2H3/t10-/m0/s1. The van der Waals surface area contributed by atoms with Crippen LogP contribution in [0.1, 0.15) is 13.3 Å². The van der Waals surface area contributed by atoms with Crippen molar-refractivity contribution >= 4 is 5.91 Å². The molecule has 1 amide bonds. The Morgan fingerprint density at radius 1 is 1.64 bits per heavy atom. The van der Waals surface area contributed by atoms with Crippen LogP contribution in [0.25, 0.3) is 0 Å². The molecule has 0 aromatic heterocycles. The first-order valence-corrected chi connectivity index (χ1v) is 5.18. The van der Waals surface area contributed by atoms with E-state index in [0.717, 1.165) is 32.6 Å². The van der Waals surface area contributed by atoms with Gasteiger partial charge >= 0.3 is 0 Å². The molecule has 14 heavy (non-hydrogen) atoms. The zero-order chi connectivity index (χ0) is 10.6. The fourth-order valence-corrected chi connectivity index (χ4v) is 1.97. The number of aliphatic hydroxyl groups excluding tert-OH is 1. The monoisotopic (exact) mass is 200 g/mol. The molecular weight excluding hydrogens is 180 g/mol. The average Bonchev–Trinajstić information content (AvgIpc) is 2.53. The lowest BCUT2D eigenvalue weighted by Crippen LogP contribution is -2.31. The van der Waals surface area contributed by atoms with Crippen LogP contribution < -0.4 is 0 Å². The summed E-state index contributed by atoms with van der Waals surface area (Å²) in [7, 11) is 2.01. The van der Waals surface area contributed by atoms with Crippen LogP contribution >= 0.6 is 0 Å². The number of nitrogens with zero attached hydrogens (tertiary/aromatic N) is 2. The average molecular weight is 200 g/mol. The first-order valence-electron chi connectivity index (χ1n) is 5.18. The SMILES string of the molecule is CC(=O)N1CC[C@@H](CN(C)CCO)C1. The zero-order valence-electron chi connectivity index (χ0n) is 9.07. The maximum Gasteiger partial charge on any atom is 0.219 e. The Morgan fingerprint density at radius 3 is 2.86 bits per heavy atom. The van der Waals surface area contributed by atoms with E-state index in [0.29, 0.717) is 5.92 Å². The van der Waals surface area contributed by atoms with Crippen molar-refractivity contribution in [1.29, 1.82) is 0 Å². The summed E-state index contributed by atoms with van der Waals surface area (Å²) in [5.74, 6) is 0.757. The van der Waals surface area contributed by atoms with Gasteiger partial charge in [-0.1, -0.05) is 0 Å². The molecule has 1 fully saturated rings. The zero-order valence-corrected chi connectivity index (χ0v) is 9.07. The summed E-state index contributed by atoms with van der Waals surface area (Å²) >= 11 is 0. The second-order valence-corrected chi connectivity index (χ2v) is 4.11. The molecular formula is C10H20N2O2. The van der Waals surface area contributed by atoms with E-state index < -0.39 is 0 Å². The van der Waals surface area contributed by atoms with Gasteiger partial charge in [-0.15, -0.1) is 0 Å². The highest BCUT2D eigenvalue weighted by molar-refractivity contribution is 5.73. The van der Waals surface area contributed by atoms with Gasteiger partial charge in [0.1, 0.15) is 0 Å². The molecule has 1 saturated heterocycles. The number of hydrogen-bond donors (Lipinski definition) is 1. The largest absolute Gasteiger partial charge is 0.395 e. The molecule has 1 N–H and O–H groups in total. The van der Waals surface area contributed by atoms with Crippen LogP contribution in [0.15, 0.2) is 0 Å². The minimum absolute atomic E-state index is 0.178. The third kappa shape index (κ3) is 3.27. The molecule has 0 saturated carbocycles. The predicted octanol–water partition coefficient (Wildman–Crippen LogP) is -0.221. The van der Waals surface area contributed by atoms with Crippen molar-refractivity contribution in [3.63, 3.8) is 0 Å². The Balaban J connectivity index is 2.25. The number of rotatable bonds is 4. The van der Waals surface area contributed by atoms with Crippen molar-refractivity contribution < 1.29 is 9.90 Å². The van der Waals surface area contributed by atoms with Crippen molar-refractivity contribution in [1.82, 2.24) is 9.80 Å². The van der Waals surface area contributed by atoms with Gasteiger partial charge in [0.05, 0.1) is 6.61 Å². The summed E-state index contributed by atoms with van der Waals surface area (Å²) in [6, 6.07) is 0. The van der Waals surface area contributed by atoms with Crippen LogP contribution in [0, 0.1) is 5.92 Å². The second-order valence-electron chi connectivity index (χ2n) is 4.11. The van der Waals surface area contributed by atoms with Crippen molar-refractivity contribution in [2.45, 2.75) is 13.3 Å². The predicted molar refractivity (Wildman–Crippen MR) is 54.9 cm³/mol. The van der Waals surface area contributed by atoms with Crippen molar-refractivity contribution in [2.75, 3.05) is 39.8 Å². The Kier molecular flexibility index (Phi) is 4.35. The van der Waals surface area contributed by atoms with E-state index in [4.69, 9.17) is 5.11 Å². The molecule has 1 atom stereocenters. The third-order valence-corrected chi connectivity index (χ3v) is 2.78. The number of aliphatic hydroxyl groups is 1. The molecule has 0 unspecified atom stereocenters. The fourth-order valence-electron chi connectivity index (χ4n) is 1.97. The maximum atomic E-state index is 11.1. The van der Waals surface area contributed by atoms with Crippen LogP contribution in [0.5, 0.6) is 0 Å². The van der Waals surface area contributed by atoms with Crippen LogP contribution in [0.2, 0.25) is 0 Å². The molecule has 1 rings (SSSR count). The summed E-state index contributed by atoms with van der Waals surface area (Å²) < 4.78 is 0. The van der Waals surface area contributed by atoms with Gasteiger partial charge in [-0.25, -0.2) is 0 Å². The Labute approximate surface area is 85.5 Å². The van der Waals surface area contributed by atoms with E-state index in [1.54, 1.807) is 6.92 Å².